The van der Waals surface area contributed by atoms with Crippen LogP contribution in [-0.2, 0) is 4.74 Å². The minimum Gasteiger partial charge on any atom is -0.494 e. The molecule has 0 N–H and O–H groups in total. The zero-order valence-electron chi connectivity index (χ0n) is 17.7. The minimum absolute atomic E-state index is 0.244. The summed E-state index contributed by atoms with van der Waals surface area (Å²) in [6.07, 6.45) is 16.2. The molecule has 0 unspecified atom stereocenters. The van der Waals surface area contributed by atoms with Crippen molar-refractivity contribution in [1.29, 1.82) is 0 Å². The van der Waals surface area contributed by atoms with Gasteiger partial charge >= 0.3 is 5.97 Å². The Bertz CT molecular complexity index is 487. The maximum absolute atomic E-state index is 12.0. The predicted molar refractivity (Wildman–Crippen MR) is 122 cm³/mol. The summed E-state index contributed by atoms with van der Waals surface area (Å²) >= 11 is 3.42. The van der Waals surface area contributed by atoms with E-state index in [1.807, 2.05) is 12.1 Å². The van der Waals surface area contributed by atoms with Crippen molar-refractivity contribution in [3.05, 3.63) is 29.8 Å². The zero-order chi connectivity index (χ0) is 20.3. The molecule has 0 aliphatic heterocycles. The third-order valence-corrected chi connectivity index (χ3v) is 5.43. The van der Waals surface area contributed by atoms with E-state index < -0.39 is 0 Å². The highest BCUT2D eigenvalue weighted by molar-refractivity contribution is 9.09. The number of ether oxygens (including phenoxy) is 2. The lowest BCUT2D eigenvalue weighted by atomic mass is 10.1. The van der Waals surface area contributed by atoms with Gasteiger partial charge in [-0.15, -0.1) is 0 Å². The van der Waals surface area contributed by atoms with Gasteiger partial charge in [-0.05, 0) is 43.5 Å². The van der Waals surface area contributed by atoms with Crippen LogP contribution in [0.4, 0.5) is 0 Å². The first-order valence-corrected chi connectivity index (χ1v) is 12.4. The second-order valence-corrected chi connectivity index (χ2v) is 8.23. The third kappa shape index (κ3) is 13.2. The van der Waals surface area contributed by atoms with E-state index in [4.69, 9.17) is 9.47 Å². The van der Waals surface area contributed by atoms with Crippen LogP contribution in [0, 0.1) is 0 Å². The average Bonchev–Trinajstić information content (AvgIpc) is 2.72. The Morgan fingerprint density at radius 1 is 0.750 bits per heavy atom. The Balaban J connectivity index is 2.05. The standard InChI is InChI=1S/C24H39BrO3/c1-2-3-4-5-6-7-8-10-13-20-27-23-17-15-22(16-18-23)24(26)28-21-14-11-9-12-19-25/h15-18H,2-14,19-21H2,1H3. The van der Waals surface area contributed by atoms with Gasteiger partial charge in [0.05, 0.1) is 18.8 Å². The Hall–Kier alpha value is -1.03. The lowest BCUT2D eigenvalue weighted by Crippen LogP contribution is -2.06. The predicted octanol–water partition coefficient (Wildman–Crippen LogP) is 7.71. The number of carbonyl (C=O) groups is 1. The molecule has 0 aromatic heterocycles. The number of benzene rings is 1. The van der Waals surface area contributed by atoms with Gasteiger partial charge in [0, 0.05) is 5.33 Å². The fraction of sp³-hybridized carbons (Fsp3) is 0.708. The molecule has 0 aliphatic carbocycles. The van der Waals surface area contributed by atoms with Crippen LogP contribution in [0.5, 0.6) is 5.75 Å². The molecule has 0 fully saturated rings. The highest BCUT2D eigenvalue weighted by Gasteiger charge is 2.07. The summed E-state index contributed by atoms with van der Waals surface area (Å²) in [5.41, 5.74) is 0.593. The molecular weight excluding hydrogens is 416 g/mol. The Morgan fingerprint density at radius 3 is 1.89 bits per heavy atom. The van der Waals surface area contributed by atoms with E-state index in [0.29, 0.717) is 12.2 Å². The fourth-order valence-corrected chi connectivity index (χ4v) is 3.48. The van der Waals surface area contributed by atoms with Crippen LogP contribution in [0.25, 0.3) is 0 Å². The van der Waals surface area contributed by atoms with Crippen molar-refractivity contribution < 1.29 is 14.3 Å². The van der Waals surface area contributed by atoms with Crippen molar-refractivity contribution >= 4 is 21.9 Å². The lowest BCUT2D eigenvalue weighted by molar-refractivity contribution is 0.0498. The summed E-state index contributed by atoms with van der Waals surface area (Å²) in [6.45, 7) is 3.50. The van der Waals surface area contributed by atoms with Gasteiger partial charge in [0.2, 0.25) is 0 Å². The largest absolute Gasteiger partial charge is 0.494 e. The van der Waals surface area contributed by atoms with Gasteiger partial charge in [0.1, 0.15) is 5.75 Å². The van der Waals surface area contributed by atoms with Crippen molar-refractivity contribution in [3.63, 3.8) is 0 Å². The van der Waals surface area contributed by atoms with E-state index in [1.54, 1.807) is 12.1 Å². The zero-order valence-corrected chi connectivity index (χ0v) is 19.3. The summed E-state index contributed by atoms with van der Waals surface area (Å²) in [7, 11) is 0. The summed E-state index contributed by atoms with van der Waals surface area (Å²) in [6, 6.07) is 7.30. The topological polar surface area (TPSA) is 35.5 Å². The summed E-state index contributed by atoms with van der Waals surface area (Å²) in [5.74, 6) is 0.580. The molecule has 1 rings (SSSR count). The molecule has 0 radical (unpaired) electrons. The van der Waals surface area contributed by atoms with Crippen molar-refractivity contribution in [3.8, 4) is 5.75 Å². The maximum atomic E-state index is 12.0. The number of hydrogen-bond donors (Lipinski definition) is 0. The summed E-state index contributed by atoms with van der Waals surface area (Å²) in [5, 5.41) is 1.04. The molecule has 0 saturated carbocycles. The number of carbonyl (C=O) groups excluding carboxylic acids is 1. The van der Waals surface area contributed by atoms with E-state index in [-0.39, 0.29) is 5.97 Å². The second kappa shape index (κ2) is 18.0. The molecule has 1 aromatic rings. The third-order valence-electron chi connectivity index (χ3n) is 4.87. The first kappa shape index (κ1) is 25.0. The van der Waals surface area contributed by atoms with Crippen LogP contribution in [0.3, 0.4) is 0 Å². The molecule has 0 saturated heterocycles. The van der Waals surface area contributed by atoms with E-state index in [1.165, 1.54) is 64.2 Å². The normalized spacial score (nSPS) is 10.8. The minimum atomic E-state index is -0.244. The van der Waals surface area contributed by atoms with Gasteiger partial charge in [-0.3, -0.25) is 0 Å². The Labute approximate surface area is 180 Å². The van der Waals surface area contributed by atoms with E-state index in [9.17, 15) is 4.79 Å². The summed E-state index contributed by atoms with van der Waals surface area (Å²) < 4.78 is 11.1. The SMILES string of the molecule is CCCCCCCCCCCOc1ccc(C(=O)OCCCCCCBr)cc1. The molecule has 0 amide bonds. The van der Waals surface area contributed by atoms with Crippen LogP contribution in [-0.4, -0.2) is 24.5 Å². The molecule has 4 heteroatoms. The molecule has 0 heterocycles. The average molecular weight is 455 g/mol. The molecular formula is C24H39BrO3. The van der Waals surface area contributed by atoms with Crippen LogP contribution < -0.4 is 4.74 Å². The Morgan fingerprint density at radius 2 is 1.29 bits per heavy atom. The number of halogens is 1. The molecule has 0 aliphatic rings. The first-order chi connectivity index (χ1) is 13.8. The number of alkyl halides is 1. The maximum Gasteiger partial charge on any atom is 0.338 e. The lowest BCUT2D eigenvalue weighted by Gasteiger charge is -2.08. The molecule has 0 spiro atoms. The van der Waals surface area contributed by atoms with Crippen molar-refractivity contribution in [1.82, 2.24) is 0 Å². The van der Waals surface area contributed by atoms with Crippen molar-refractivity contribution in [2.75, 3.05) is 18.5 Å². The van der Waals surface area contributed by atoms with E-state index in [0.717, 1.165) is 36.9 Å². The van der Waals surface area contributed by atoms with Crippen molar-refractivity contribution in [2.24, 2.45) is 0 Å². The molecule has 3 nitrogen and oxygen atoms in total. The van der Waals surface area contributed by atoms with Gasteiger partial charge in [-0.2, -0.15) is 0 Å². The van der Waals surface area contributed by atoms with E-state index >= 15 is 0 Å². The van der Waals surface area contributed by atoms with Crippen LogP contribution in [0.15, 0.2) is 24.3 Å². The highest BCUT2D eigenvalue weighted by atomic mass is 79.9. The van der Waals surface area contributed by atoms with Gasteiger partial charge in [-0.1, -0.05) is 87.1 Å². The van der Waals surface area contributed by atoms with Gasteiger partial charge in [0.25, 0.3) is 0 Å². The molecule has 0 atom stereocenters. The molecule has 160 valence electrons. The van der Waals surface area contributed by atoms with Crippen molar-refractivity contribution in [2.45, 2.75) is 90.4 Å². The molecule has 28 heavy (non-hydrogen) atoms. The summed E-state index contributed by atoms with van der Waals surface area (Å²) in [4.78, 5) is 12.0. The molecule has 0 bridgehead atoms. The van der Waals surface area contributed by atoms with Gasteiger partial charge < -0.3 is 9.47 Å². The van der Waals surface area contributed by atoms with Crippen LogP contribution in [0.2, 0.25) is 0 Å². The van der Waals surface area contributed by atoms with Crippen LogP contribution >= 0.6 is 15.9 Å². The fourth-order valence-electron chi connectivity index (χ4n) is 3.09. The number of esters is 1. The van der Waals surface area contributed by atoms with E-state index in [2.05, 4.69) is 22.9 Å². The van der Waals surface area contributed by atoms with Gasteiger partial charge in [0.15, 0.2) is 0 Å². The molecule has 1 aromatic carbocycles. The number of unbranched alkanes of at least 4 members (excludes halogenated alkanes) is 11. The quantitative estimate of drug-likeness (QED) is 0.129. The van der Waals surface area contributed by atoms with Crippen LogP contribution in [0.1, 0.15) is 101 Å². The van der Waals surface area contributed by atoms with Gasteiger partial charge in [-0.25, -0.2) is 4.79 Å². The Kier molecular flexibility index (Phi) is 16.1. The first-order valence-electron chi connectivity index (χ1n) is 11.2. The second-order valence-electron chi connectivity index (χ2n) is 7.44. The monoisotopic (exact) mass is 454 g/mol. The number of rotatable bonds is 18. The number of hydrogen-bond acceptors (Lipinski definition) is 3. The smallest absolute Gasteiger partial charge is 0.338 e. The highest BCUT2D eigenvalue weighted by Crippen LogP contribution is 2.15.